The van der Waals surface area contributed by atoms with Gasteiger partial charge in [-0.15, -0.1) is 0 Å². The number of halogens is 1. The van der Waals surface area contributed by atoms with Crippen molar-refractivity contribution < 1.29 is 4.79 Å². The molecule has 0 aliphatic rings. The molecule has 0 radical (unpaired) electrons. The Balaban J connectivity index is 1.84. The van der Waals surface area contributed by atoms with E-state index < -0.39 is 0 Å². The summed E-state index contributed by atoms with van der Waals surface area (Å²) >= 11 is 5.99. The first-order valence-corrected chi connectivity index (χ1v) is 8.36. The van der Waals surface area contributed by atoms with E-state index in [0.717, 1.165) is 33.1 Å². The summed E-state index contributed by atoms with van der Waals surface area (Å²) in [6.07, 6.45) is 0. The van der Waals surface area contributed by atoms with Crippen LogP contribution in [0.2, 0.25) is 5.02 Å². The van der Waals surface area contributed by atoms with Gasteiger partial charge in [-0.25, -0.2) is 0 Å². The lowest BCUT2D eigenvalue weighted by Gasteiger charge is -2.12. The summed E-state index contributed by atoms with van der Waals surface area (Å²) < 4.78 is 0. The summed E-state index contributed by atoms with van der Waals surface area (Å²) in [6.45, 7) is 1.93. The SMILES string of the molecule is Cc1cc(NC(=O)c2cccc(Cl)c2)c2ccc3ccccc3c2n1. The lowest BCUT2D eigenvalue weighted by Crippen LogP contribution is -2.12. The summed E-state index contributed by atoms with van der Waals surface area (Å²) in [7, 11) is 0. The van der Waals surface area contributed by atoms with Crippen molar-refractivity contribution in [3.8, 4) is 0 Å². The third kappa shape index (κ3) is 2.94. The average Bonchev–Trinajstić information content (AvgIpc) is 2.61. The van der Waals surface area contributed by atoms with E-state index in [1.807, 2.05) is 43.3 Å². The van der Waals surface area contributed by atoms with Gasteiger partial charge in [0.1, 0.15) is 0 Å². The predicted molar refractivity (Wildman–Crippen MR) is 103 cm³/mol. The molecule has 122 valence electrons. The normalized spacial score (nSPS) is 11.0. The number of aryl methyl sites for hydroxylation is 1. The highest BCUT2D eigenvalue weighted by molar-refractivity contribution is 6.31. The van der Waals surface area contributed by atoms with Crippen molar-refractivity contribution in [1.29, 1.82) is 0 Å². The van der Waals surface area contributed by atoms with E-state index in [9.17, 15) is 4.79 Å². The van der Waals surface area contributed by atoms with Crippen molar-refractivity contribution in [2.24, 2.45) is 0 Å². The van der Waals surface area contributed by atoms with Crippen molar-refractivity contribution >= 4 is 44.9 Å². The molecule has 0 saturated heterocycles. The highest BCUT2D eigenvalue weighted by atomic mass is 35.5. The van der Waals surface area contributed by atoms with Crippen molar-refractivity contribution in [1.82, 2.24) is 4.98 Å². The summed E-state index contributed by atoms with van der Waals surface area (Å²) in [4.78, 5) is 17.3. The van der Waals surface area contributed by atoms with Gasteiger partial charge in [0, 0.05) is 27.1 Å². The van der Waals surface area contributed by atoms with Gasteiger partial charge in [-0.2, -0.15) is 0 Å². The fourth-order valence-corrected chi connectivity index (χ4v) is 3.21. The number of hydrogen-bond donors (Lipinski definition) is 1. The predicted octanol–water partition coefficient (Wildman–Crippen LogP) is 5.60. The molecule has 1 aromatic heterocycles. The van der Waals surface area contributed by atoms with Crippen molar-refractivity contribution in [2.75, 3.05) is 5.32 Å². The maximum absolute atomic E-state index is 12.6. The van der Waals surface area contributed by atoms with Crippen molar-refractivity contribution in [2.45, 2.75) is 6.92 Å². The second-order valence-corrected chi connectivity index (χ2v) is 6.39. The zero-order chi connectivity index (χ0) is 17.4. The molecular weight excluding hydrogens is 332 g/mol. The van der Waals surface area contributed by atoms with E-state index in [-0.39, 0.29) is 5.91 Å². The number of rotatable bonds is 2. The van der Waals surface area contributed by atoms with Crippen LogP contribution >= 0.6 is 11.6 Å². The third-order valence-corrected chi connectivity index (χ3v) is 4.40. The average molecular weight is 347 g/mol. The minimum atomic E-state index is -0.192. The van der Waals surface area contributed by atoms with Crippen LogP contribution in [0.15, 0.2) is 66.7 Å². The monoisotopic (exact) mass is 346 g/mol. The topological polar surface area (TPSA) is 42.0 Å². The van der Waals surface area contributed by atoms with E-state index in [2.05, 4.69) is 16.4 Å². The molecule has 3 aromatic carbocycles. The molecule has 1 N–H and O–H groups in total. The Morgan fingerprint density at radius 1 is 0.960 bits per heavy atom. The Morgan fingerprint density at radius 2 is 1.80 bits per heavy atom. The van der Waals surface area contributed by atoms with Crippen LogP contribution in [-0.4, -0.2) is 10.9 Å². The molecule has 0 fully saturated rings. The number of benzene rings is 3. The first kappa shape index (κ1) is 15.6. The first-order chi connectivity index (χ1) is 12.1. The molecule has 4 aromatic rings. The maximum atomic E-state index is 12.6. The van der Waals surface area contributed by atoms with Crippen LogP contribution in [0.25, 0.3) is 21.7 Å². The number of fused-ring (bicyclic) bond motifs is 3. The lowest BCUT2D eigenvalue weighted by molar-refractivity contribution is 0.102. The standard InChI is InChI=1S/C21H15ClN2O/c1-13-11-19(24-21(25)15-6-4-7-16(22)12-15)18-10-9-14-5-2-3-8-17(14)20(18)23-13/h2-12H,1H3,(H,23,24,25). The second-order valence-electron chi connectivity index (χ2n) is 5.96. The number of carbonyl (C=O) groups is 1. The molecule has 4 heteroatoms. The zero-order valence-electron chi connectivity index (χ0n) is 13.6. The molecule has 0 atom stereocenters. The molecule has 3 nitrogen and oxygen atoms in total. The van der Waals surface area contributed by atoms with Gasteiger partial charge in [-0.3, -0.25) is 9.78 Å². The van der Waals surface area contributed by atoms with Gasteiger partial charge >= 0.3 is 0 Å². The van der Waals surface area contributed by atoms with E-state index in [1.54, 1.807) is 24.3 Å². The zero-order valence-corrected chi connectivity index (χ0v) is 14.3. The number of hydrogen-bond acceptors (Lipinski definition) is 2. The quantitative estimate of drug-likeness (QED) is 0.480. The van der Waals surface area contributed by atoms with E-state index in [4.69, 9.17) is 11.6 Å². The van der Waals surface area contributed by atoms with Crippen molar-refractivity contribution in [3.05, 3.63) is 83.0 Å². The fraction of sp³-hybridized carbons (Fsp3) is 0.0476. The number of nitrogens with one attached hydrogen (secondary N) is 1. The number of pyridine rings is 1. The van der Waals surface area contributed by atoms with Gasteiger partial charge in [-0.05, 0) is 36.6 Å². The molecule has 0 saturated carbocycles. The largest absolute Gasteiger partial charge is 0.321 e. The molecule has 1 amide bonds. The maximum Gasteiger partial charge on any atom is 0.255 e. The Bertz CT molecular complexity index is 1120. The summed E-state index contributed by atoms with van der Waals surface area (Å²) in [6, 6.07) is 20.9. The number of carbonyl (C=O) groups excluding carboxylic acids is 1. The minimum Gasteiger partial charge on any atom is -0.321 e. The lowest BCUT2D eigenvalue weighted by atomic mass is 10.0. The molecule has 0 bridgehead atoms. The molecular formula is C21H15ClN2O. The van der Waals surface area contributed by atoms with E-state index in [1.165, 1.54) is 0 Å². The van der Waals surface area contributed by atoms with Crippen LogP contribution in [-0.2, 0) is 0 Å². The number of anilines is 1. The summed E-state index contributed by atoms with van der Waals surface area (Å²) in [5.74, 6) is -0.192. The highest BCUT2D eigenvalue weighted by Crippen LogP contribution is 2.30. The van der Waals surface area contributed by atoms with Crippen molar-refractivity contribution in [3.63, 3.8) is 0 Å². The smallest absolute Gasteiger partial charge is 0.255 e. The Morgan fingerprint density at radius 3 is 2.64 bits per heavy atom. The van der Waals surface area contributed by atoms with Gasteiger partial charge in [-0.1, -0.05) is 54.1 Å². The van der Waals surface area contributed by atoms with Gasteiger partial charge in [0.15, 0.2) is 0 Å². The van der Waals surface area contributed by atoms with Crippen LogP contribution in [0, 0.1) is 6.92 Å². The summed E-state index contributed by atoms with van der Waals surface area (Å²) in [5.41, 5.74) is 3.01. The van der Waals surface area contributed by atoms with E-state index >= 15 is 0 Å². The summed E-state index contributed by atoms with van der Waals surface area (Å²) in [5, 5.41) is 6.65. The fourth-order valence-electron chi connectivity index (χ4n) is 3.02. The molecule has 0 aliphatic carbocycles. The molecule has 25 heavy (non-hydrogen) atoms. The van der Waals surface area contributed by atoms with Gasteiger partial charge in [0.05, 0.1) is 11.2 Å². The second kappa shape index (κ2) is 6.19. The first-order valence-electron chi connectivity index (χ1n) is 7.98. The Labute approximate surface area is 150 Å². The van der Waals surface area contributed by atoms with Crippen LogP contribution < -0.4 is 5.32 Å². The van der Waals surface area contributed by atoms with Gasteiger partial charge < -0.3 is 5.32 Å². The molecule has 4 rings (SSSR count). The third-order valence-electron chi connectivity index (χ3n) is 4.17. The van der Waals surface area contributed by atoms with E-state index in [0.29, 0.717) is 10.6 Å². The van der Waals surface area contributed by atoms with Crippen LogP contribution in [0.3, 0.4) is 0 Å². The number of nitrogens with zero attached hydrogens (tertiary/aromatic N) is 1. The van der Waals surface area contributed by atoms with Gasteiger partial charge in [0.2, 0.25) is 0 Å². The van der Waals surface area contributed by atoms with Gasteiger partial charge in [0.25, 0.3) is 5.91 Å². The van der Waals surface area contributed by atoms with Crippen LogP contribution in [0.4, 0.5) is 5.69 Å². The molecule has 1 heterocycles. The highest BCUT2D eigenvalue weighted by Gasteiger charge is 2.12. The van der Waals surface area contributed by atoms with Crippen LogP contribution in [0.1, 0.15) is 16.1 Å². The molecule has 0 aliphatic heterocycles. The number of aromatic nitrogens is 1. The minimum absolute atomic E-state index is 0.192. The Hall–Kier alpha value is -2.91. The van der Waals surface area contributed by atoms with Crippen LogP contribution in [0.5, 0.6) is 0 Å². The molecule has 0 unspecified atom stereocenters. The Kier molecular flexibility index (Phi) is 3.86. The number of amides is 1. The molecule has 0 spiro atoms.